The summed E-state index contributed by atoms with van der Waals surface area (Å²) in [6.07, 6.45) is 8.02. The Morgan fingerprint density at radius 3 is 2.25 bits per heavy atom. The van der Waals surface area contributed by atoms with E-state index in [0.29, 0.717) is 17.9 Å². The molecule has 1 rings (SSSR count). The molecule has 0 aromatic rings. The van der Waals surface area contributed by atoms with Gasteiger partial charge in [-0.1, -0.05) is 40.0 Å². The molecule has 0 aromatic carbocycles. The first kappa shape index (κ1) is 17.5. The molecule has 0 radical (unpaired) electrons. The van der Waals surface area contributed by atoms with Crippen LogP contribution in [0.25, 0.3) is 0 Å². The summed E-state index contributed by atoms with van der Waals surface area (Å²) in [5, 5.41) is 0. The smallest absolute Gasteiger partial charge is 0.225 e. The van der Waals surface area contributed by atoms with Crippen molar-refractivity contribution in [3.8, 4) is 0 Å². The summed E-state index contributed by atoms with van der Waals surface area (Å²) in [5.41, 5.74) is 5.78. The van der Waals surface area contributed by atoms with Crippen LogP contribution in [0, 0.1) is 11.8 Å². The number of amides is 1. The number of hydrogen-bond acceptors (Lipinski definition) is 2. The van der Waals surface area contributed by atoms with E-state index in [0.717, 1.165) is 25.8 Å². The molecule has 2 atom stereocenters. The molecule has 118 valence electrons. The molecule has 1 fully saturated rings. The van der Waals surface area contributed by atoms with Crippen LogP contribution in [0.4, 0.5) is 0 Å². The standard InChI is InChI=1S/C17H34N2O/c1-13(2)12-19(16-10-5-6-11-16)17(20)14(3)8-7-9-15(4)18/h13-16H,5-12,18H2,1-4H3. The quantitative estimate of drug-likeness (QED) is 0.740. The van der Waals surface area contributed by atoms with Gasteiger partial charge in [0.25, 0.3) is 0 Å². The van der Waals surface area contributed by atoms with Crippen molar-refractivity contribution < 1.29 is 4.79 Å². The van der Waals surface area contributed by atoms with Crippen LogP contribution in [-0.4, -0.2) is 29.4 Å². The van der Waals surface area contributed by atoms with Gasteiger partial charge in [0.15, 0.2) is 0 Å². The van der Waals surface area contributed by atoms with E-state index in [9.17, 15) is 4.79 Å². The van der Waals surface area contributed by atoms with Crippen molar-refractivity contribution in [2.75, 3.05) is 6.54 Å². The molecule has 0 aromatic heterocycles. The maximum Gasteiger partial charge on any atom is 0.225 e. The lowest BCUT2D eigenvalue weighted by Crippen LogP contribution is -2.43. The fraction of sp³-hybridized carbons (Fsp3) is 0.941. The van der Waals surface area contributed by atoms with E-state index in [4.69, 9.17) is 5.73 Å². The highest BCUT2D eigenvalue weighted by Gasteiger charge is 2.29. The first-order valence-electron chi connectivity index (χ1n) is 8.47. The van der Waals surface area contributed by atoms with Crippen LogP contribution in [0.1, 0.15) is 72.6 Å². The van der Waals surface area contributed by atoms with Gasteiger partial charge in [-0.25, -0.2) is 0 Å². The Morgan fingerprint density at radius 2 is 1.75 bits per heavy atom. The molecule has 1 saturated carbocycles. The van der Waals surface area contributed by atoms with Crippen LogP contribution in [0.2, 0.25) is 0 Å². The molecular weight excluding hydrogens is 248 g/mol. The van der Waals surface area contributed by atoms with Crippen LogP contribution in [-0.2, 0) is 4.79 Å². The molecule has 0 spiro atoms. The molecule has 2 N–H and O–H groups in total. The summed E-state index contributed by atoms with van der Waals surface area (Å²) in [5.74, 6) is 1.07. The monoisotopic (exact) mass is 282 g/mol. The lowest BCUT2D eigenvalue weighted by atomic mass is 9.99. The molecule has 2 unspecified atom stereocenters. The highest BCUT2D eigenvalue weighted by molar-refractivity contribution is 5.78. The summed E-state index contributed by atoms with van der Waals surface area (Å²) in [7, 11) is 0. The van der Waals surface area contributed by atoms with Gasteiger partial charge >= 0.3 is 0 Å². The van der Waals surface area contributed by atoms with Gasteiger partial charge in [-0.05, 0) is 38.5 Å². The van der Waals surface area contributed by atoms with Crippen molar-refractivity contribution in [3.63, 3.8) is 0 Å². The van der Waals surface area contributed by atoms with E-state index < -0.39 is 0 Å². The molecule has 0 heterocycles. The van der Waals surface area contributed by atoms with Crippen molar-refractivity contribution in [2.45, 2.75) is 84.7 Å². The van der Waals surface area contributed by atoms with Crippen LogP contribution in [0.15, 0.2) is 0 Å². The van der Waals surface area contributed by atoms with Crippen molar-refractivity contribution in [2.24, 2.45) is 17.6 Å². The zero-order valence-electron chi connectivity index (χ0n) is 13.9. The molecule has 20 heavy (non-hydrogen) atoms. The minimum Gasteiger partial charge on any atom is -0.339 e. The number of carbonyl (C=O) groups is 1. The van der Waals surface area contributed by atoms with Crippen LogP contribution in [0.3, 0.4) is 0 Å². The number of rotatable bonds is 8. The predicted octanol–water partition coefficient (Wildman–Crippen LogP) is 3.57. The van der Waals surface area contributed by atoms with Crippen molar-refractivity contribution in [1.29, 1.82) is 0 Å². The van der Waals surface area contributed by atoms with Gasteiger partial charge in [-0.15, -0.1) is 0 Å². The molecule has 1 aliphatic carbocycles. The third-order valence-electron chi connectivity index (χ3n) is 4.33. The Hall–Kier alpha value is -0.570. The minimum atomic E-state index is 0.146. The van der Waals surface area contributed by atoms with Gasteiger partial charge in [-0.2, -0.15) is 0 Å². The Morgan fingerprint density at radius 1 is 1.15 bits per heavy atom. The summed E-state index contributed by atoms with van der Waals surface area (Å²) in [4.78, 5) is 14.9. The summed E-state index contributed by atoms with van der Waals surface area (Å²) >= 11 is 0. The molecule has 0 bridgehead atoms. The van der Waals surface area contributed by atoms with E-state index >= 15 is 0 Å². The number of hydrogen-bond donors (Lipinski definition) is 1. The Bertz CT molecular complexity index is 283. The van der Waals surface area contributed by atoms with E-state index in [1.807, 2.05) is 6.92 Å². The van der Waals surface area contributed by atoms with E-state index in [1.165, 1.54) is 25.7 Å². The zero-order valence-corrected chi connectivity index (χ0v) is 13.9. The second-order valence-corrected chi connectivity index (χ2v) is 7.13. The Kier molecular flexibility index (Phi) is 7.57. The molecule has 1 aliphatic rings. The van der Waals surface area contributed by atoms with Crippen molar-refractivity contribution in [1.82, 2.24) is 4.90 Å². The van der Waals surface area contributed by atoms with Gasteiger partial charge in [0.05, 0.1) is 0 Å². The molecular formula is C17H34N2O. The molecule has 1 amide bonds. The normalized spacial score (nSPS) is 19.3. The lowest BCUT2D eigenvalue weighted by molar-refractivity contribution is -0.138. The highest BCUT2D eigenvalue weighted by Crippen LogP contribution is 2.26. The van der Waals surface area contributed by atoms with Crippen molar-refractivity contribution >= 4 is 5.91 Å². The van der Waals surface area contributed by atoms with Gasteiger partial charge in [0.2, 0.25) is 5.91 Å². The first-order chi connectivity index (χ1) is 9.41. The third kappa shape index (κ3) is 5.82. The topological polar surface area (TPSA) is 46.3 Å². The number of nitrogens with zero attached hydrogens (tertiary/aromatic N) is 1. The van der Waals surface area contributed by atoms with E-state index in [-0.39, 0.29) is 12.0 Å². The van der Waals surface area contributed by atoms with Gasteiger partial charge < -0.3 is 10.6 Å². The zero-order chi connectivity index (χ0) is 15.1. The largest absolute Gasteiger partial charge is 0.339 e. The van der Waals surface area contributed by atoms with Gasteiger partial charge in [0.1, 0.15) is 0 Å². The Balaban J connectivity index is 2.52. The van der Waals surface area contributed by atoms with Crippen LogP contribution >= 0.6 is 0 Å². The van der Waals surface area contributed by atoms with Gasteiger partial charge in [-0.3, -0.25) is 4.79 Å². The van der Waals surface area contributed by atoms with Crippen LogP contribution < -0.4 is 5.73 Å². The maximum absolute atomic E-state index is 12.7. The second kappa shape index (κ2) is 8.66. The molecule has 3 heteroatoms. The molecule has 3 nitrogen and oxygen atoms in total. The minimum absolute atomic E-state index is 0.146. The van der Waals surface area contributed by atoms with Gasteiger partial charge in [0, 0.05) is 24.5 Å². The second-order valence-electron chi connectivity index (χ2n) is 7.13. The average molecular weight is 282 g/mol. The summed E-state index contributed by atoms with van der Waals surface area (Å²) in [6.45, 7) is 9.45. The molecule has 0 aliphatic heterocycles. The maximum atomic E-state index is 12.7. The summed E-state index contributed by atoms with van der Waals surface area (Å²) in [6, 6.07) is 0.750. The molecule has 0 saturated heterocycles. The summed E-state index contributed by atoms with van der Waals surface area (Å²) < 4.78 is 0. The number of nitrogens with two attached hydrogens (primary N) is 1. The fourth-order valence-electron chi connectivity index (χ4n) is 3.18. The van der Waals surface area contributed by atoms with E-state index in [2.05, 4.69) is 25.7 Å². The SMILES string of the molecule is CC(C)CN(C(=O)C(C)CCCC(C)N)C1CCCC1. The first-order valence-corrected chi connectivity index (χ1v) is 8.47. The fourth-order valence-corrected chi connectivity index (χ4v) is 3.18. The average Bonchev–Trinajstić information content (AvgIpc) is 2.87. The van der Waals surface area contributed by atoms with Crippen LogP contribution in [0.5, 0.6) is 0 Å². The number of carbonyl (C=O) groups excluding carboxylic acids is 1. The Labute approximate surface area is 125 Å². The van der Waals surface area contributed by atoms with E-state index in [1.54, 1.807) is 0 Å². The van der Waals surface area contributed by atoms with Crippen molar-refractivity contribution in [3.05, 3.63) is 0 Å². The predicted molar refractivity (Wildman–Crippen MR) is 85.5 cm³/mol. The highest BCUT2D eigenvalue weighted by atomic mass is 16.2. The third-order valence-corrected chi connectivity index (χ3v) is 4.33. The lowest BCUT2D eigenvalue weighted by Gasteiger charge is -2.33.